The average Bonchev–Trinajstić information content (AvgIpc) is 2.99. The summed E-state index contributed by atoms with van der Waals surface area (Å²) in [5.74, 6) is 2.60. The molecule has 0 bridgehead atoms. The van der Waals surface area contributed by atoms with E-state index in [2.05, 4.69) is 44.7 Å². The highest BCUT2D eigenvalue weighted by Crippen LogP contribution is 2.40. The Morgan fingerprint density at radius 3 is 2.40 bits per heavy atom. The molecule has 30 heavy (non-hydrogen) atoms. The van der Waals surface area contributed by atoms with Crippen LogP contribution < -0.4 is 4.74 Å². The van der Waals surface area contributed by atoms with Crippen LogP contribution in [0.25, 0.3) is 6.08 Å². The summed E-state index contributed by atoms with van der Waals surface area (Å²) in [6, 6.07) is 11.5. The summed E-state index contributed by atoms with van der Waals surface area (Å²) in [4.78, 5) is 15.3. The fourth-order valence-electron chi connectivity index (χ4n) is 4.72. The first-order chi connectivity index (χ1) is 14.3. The summed E-state index contributed by atoms with van der Waals surface area (Å²) in [6.45, 7) is 11.4. The molecule has 1 fully saturated rings. The number of phenolic OH excluding ortho intramolecular Hbond substituents is 1. The summed E-state index contributed by atoms with van der Waals surface area (Å²) in [5.41, 5.74) is 3.43. The van der Waals surface area contributed by atoms with E-state index in [0.29, 0.717) is 46.9 Å². The maximum Gasteiger partial charge on any atom is 0.231 e. The Hall–Kier alpha value is -2.59. The van der Waals surface area contributed by atoms with Gasteiger partial charge in [-0.15, -0.1) is 0 Å². The molecule has 2 unspecified atom stereocenters. The van der Waals surface area contributed by atoms with Crippen LogP contribution in [-0.4, -0.2) is 28.9 Å². The van der Waals surface area contributed by atoms with E-state index in [-0.39, 0.29) is 11.5 Å². The maximum absolute atomic E-state index is 12.9. The lowest BCUT2D eigenvalue weighted by atomic mass is 9.91. The number of likely N-dealkylation sites (tertiary alicyclic amines) is 1. The molecule has 0 radical (unpaired) electrons. The Kier molecular flexibility index (Phi) is 5.70. The number of aromatic hydroxyl groups is 1. The lowest BCUT2D eigenvalue weighted by Crippen LogP contribution is -2.38. The molecule has 4 nitrogen and oxygen atoms in total. The average molecular weight is 406 g/mol. The summed E-state index contributed by atoms with van der Waals surface area (Å²) in [6.07, 6.45) is 3.02. The van der Waals surface area contributed by atoms with Gasteiger partial charge in [0.05, 0.1) is 11.1 Å². The van der Waals surface area contributed by atoms with Gasteiger partial charge in [0.1, 0.15) is 11.5 Å². The SMILES string of the molecule is CC1CC(C)CN(Cc2c(O)ccc3c2O/C(=C/c2ccc(C(C)C)cc2)C3=O)C1. The van der Waals surface area contributed by atoms with Gasteiger partial charge in [-0.05, 0) is 53.5 Å². The van der Waals surface area contributed by atoms with Crippen LogP contribution in [-0.2, 0) is 6.54 Å². The van der Waals surface area contributed by atoms with Gasteiger partial charge in [-0.2, -0.15) is 0 Å². The first-order valence-corrected chi connectivity index (χ1v) is 10.9. The van der Waals surface area contributed by atoms with E-state index in [4.69, 9.17) is 4.74 Å². The number of carbonyl (C=O) groups is 1. The number of ketones is 1. The molecule has 0 amide bonds. The predicted octanol–water partition coefficient (Wildman–Crippen LogP) is 5.61. The van der Waals surface area contributed by atoms with Crippen LogP contribution in [0.1, 0.15) is 67.1 Å². The monoisotopic (exact) mass is 405 g/mol. The van der Waals surface area contributed by atoms with Gasteiger partial charge >= 0.3 is 0 Å². The smallest absolute Gasteiger partial charge is 0.231 e. The number of phenols is 1. The van der Waals surface area contributed by atoms with Crippen LogP contribution in [0.2, 0.25) is 0 Å². The molecular formula is C26H31NO3. The number of nitrogens with zero attached hydrogens (tertiary/aromatic N) is 1. The number of carbonyl (C=O) groups excluding carboxylic acids is 1. The van der Waals surface area contributed by atoms with E-state index < -0.39 is 0 Å². The van der Waals surface area contributed by atoms with E-state index in [1.807, 2.05) is 12.1 Å². The van der Waals surface area contributed by atoms with Gasteiger partial charge in [0, 0.05) is 19.6 Å². The highest BCUT2D eigenvalue weighted by molar-refractivity contribution is 6.15. The van der Waals surface area contributed by atoms with Crippen molar-refractivity contribution in [1.29, 1.82) is 0 Å². The molecule has 4 rings (SSSR count). The van der Waals surface area contributed by atoms with Crippen molar-refractivity contribution in [2.45, 2.75) is 46.6 Å². The van der Waals surface area contributed by atoms with Crippen LogP contribution in [0.15, 0.2) is 42.2 Å². The minimum Gasteiger partial charge on any atom is -0.507 e. The van der Waals surface area contributed by atoms with E-state index in [0.717, 1.165) is 18.7 Å². The fraction of sp³-hybridized carbons (Fsp3) is 0.423. The first-order valence-electron chi connectivity index (χ1n) is 10.9. The number of rotatable bonds is 4. The van der Waals surface area contributed by atoms with Crippen LogP contribution in [0.5, 0.6) is 11.5 Å². The lowest BCUT2D eigenvalue weighted by Gasteiger charge is -2.35. The van der Waals surface area contributed by atoms with Crippen molar-refractivity contribution in [1.82, 2.24) is 4.90 Å². The summed E-state index contributed by atoms with van der Waals surface area (Å²) in [7, 11) is 0. The fourth-order valence-corrected chi connectivity index (χ4v) is 4.72. The van der Waals surface area contributed by atoms with Gasteiger partial charge in [-0.25, -0.2) is 0 Å². The van der Waals surface area contributed by atoms with Gasteiger partial charge in [-0.1, -0.05) is 52.0 Å². The molecule has 4 heteroatoms. The molecular weight excluding hydrogens is 374 g/mol. The number of piperidine rings is 1. The Balaban J connectivity index is 1.60. The minimum absolute atomic E-state index is 0.125. The van der Waals surface area contributed by atoms with Crippen molar-refractivity contribution in [3.05, 3.63) is 64.4 Å². The largest absolute Gasteiger partial charge is 0.507 e. The third-order valence-corrected chi connectivity index (χ3v) is 6.14. The van der Waals surface area contributed by atoms with Crippen molar-refractivity contribution in [3.63, 3.8) is 0 Å². The molecule has 2 aromatic carbocycles. The quantitative estimate of drug-likeness (QED) is 0.672. The van der Waals surface area contributed by atoms with Crippen molar-refractivity contribution in [2.24, 2.45) is 11.8 Å². The molecule has 2 aromatic rings. The van der Waals surface area contributed by atoms with E-state index in [1.165, 1.54) is 12.0 Å². The van der Waals surface area contributed by atoms with E-state index in [9.17, 15) is 9.90 Å². The molecule has 0 aromatic heterocycles. The van der Waals surface area contributed by atoms with Crippen molar-refractivity contribution < 1.29 is 14.6 Å². The van der Waals surface area contributed by atoms with Gasteiger partial charge in [0.15, 0.2) is 5.76 Å². The van der Waals surface area contributed by atoms with E-state index >= 15 is 0 Å². The molecule has 2 atom stereocenters. The molecule has 0 spiro atoms. The van der Waals surface area contributed by atoms with Gasteiger partial charge in [-0.3, -0.25) is 9.69 Å². The molecule has 0 aliphatic carbocycles. The third kappa shape index (κ3) is 4.15. The van der Waals surface area contributed by atoms with Crippen molar-refractivity contribution >= 4 is 11.9 Å². The Labute approximate surface area is 179 Å². The summed E-state index contributed by atoms with van der Waals surface area (Å²) in [5, 5.41) is 10.5. The van der Waals surface area contributed by atoms with Crippen LogP contribution in [0.4, 0.5) is 0 Å². The molecule has 158 valence electrons. The number of ether oxygens (including phenoxy) is 1. The van der Waals surface area contributed by atoms with Crippen LogP contribution in [0, 0.1) is 11.8 Å². The summed E-state index contributed by atoms with van der Waals surface area (Å²) < 4.78 is 6.03. The van der Waals surface area contributed by atoms with E-state index in [1.54, 1.807) is 18.2 Å². The number of Topliss-reactive ketones (excluding diaryl/α,β-unsaturated/α-hetero) is 1. The number of hydrogen-bond donors (Lipinski definition) is 1. The normalized spacial score (nSPS) is 23.1. The Morgan fingerprint density at radius 1 is 1.10 bits per heavy atom. The molecule has 2 heterocycles. The summed E-state index contributed by atoms with van der Waals surface area (Å²) >= 11 is 0. The minimum atomic E-state index is -0.125. The number of benzene rings is 2. The van der Waals surface area contributed by atoms with Crippen LogP contribution >= 0.6 is 0 Å². The number of hydrogen-bond acceptors (Lipinski definition) is 4. The van der Waals surface area contributed by atoms with Gasteiger partial charge in [0.2, 0.25) is 5.78 Å². The Bertz CT molecular complexity index is 965. The number of allylic oxidation sites excluding steroid dienone is 1. The van der Waals surface area contributed by atoms with Gasteiger partial charge in [0.25, 0.3) is 0 Å². The standard InChI is InChI=1S/C26H31NO3/c1-16(2)20-7-5-19(6-8-20)12-24-25(29)21-9-10-23(28)22(26(21)30-24)15-27-13-17(3)11-18(4)14-27/h5-10,12,16-18,28H,11,13-15H2,1-4H3/b24-12+. The predicted molar refractivity (Wildman–Crippen MR) is 120 cm³/mol. The second-order valence-corrected chi connectivity index (χ2v) is 9.34. The zero-order valence-electron chi connectivity index (χ0n) is 18.3. The Morgan fingerprint density at radius 2 is 1.77 bits per heavy atom. The van der Waals surface area contributed by atoms with Crippen molar-refractivity contribution in [3.8, 4) is 11.5 Å². The third-order valence-electron chi connectivity index (χ3n) is 6.14. The molecule has 2 aliphatic heterocycles. The zero-order chi connectivity index (χ0) is 21.4. The zero-order valence-corrected chi connectivity index (χ0v) is 18.3. The van der Waals surface area contributed by atoms with Crippen LogP contribution in [0.3, 0.4) is 0 Å². The second kappa shape index (κ2) is 8.27. The first kappa shape index (κ1) is 20.7. The lowest BCUT2D eigenvalue weighted by molar-refractivity contribution is 0.101. The highest BCUT2D eigenvalue weighted by Gasteiger charge is 2.32. The molecule has 0 saturated carbocycles. The second-order valence-electron chi connectivity index (χ2n) is 9.34. The maximum atomic E-state index is 12.9. The molecule has 2 aliphatic rings. The molecule has 1 saturated heterocycles. The topological polar surface area (TPSA) is 49.8 Å². The highest BCUT2D eigenvalue weighted by atomic mass is 16.5. The number of fused-ring (bicyclic) bond motifs is 1. The van der Waals surface area contributed by atoms with Crippen molar-refractivity contribution in [2.75, 3.05) is 13.1 Å². The molecule has 1 N–H and O–H groups in total. The van der Waals surface area contributed by atoms with Gasteiger partial charge < -0.3 is 9.84 Å².